The summed E-state index contributed by atoms with van der Waals surface area (Å²) < 4.78 is 0. The minimum Gasteiger partial charge on any atom is -0.396 e. The van der Waals surface area contributed by atoms with E-state index in [0.717, 1.165) is 25.7 Å². The molecular weight excluding hydrogens is 130 g/mol. The zero-order valence-corrected chi connectivity index (χ0v) is 5.92. The number of aliphatic hydroxyl groups excluding tert-OH is 1. The molecule has 3 heteroatoms. The van der Waals surface area contributed by atoms with E-state index in [1.54, 1.807) is 0 Å². The predicted molar refractivity (Wildman–Crippen MR) is 37.7 cm³/mol. The molecule has 1 rings (SSSR count). The van der Waals surface area contributed by atoms with Crippen LogP contribution in [0.3, 0.4) is 0 Å². The lowest BCUT2D eigenvalue weighted by atomic mass is 9.93. The Balaban J connectivity index is 2.41. The number of nitrogens with one attached hydrogen (secondary N) is 1. The normalized spacial score (nSPS) is 33.7. The van der Waals surface area contributed by atoms with Gasteiger partial charge in [-0.25, -0.2) is 0 Å². The van der Waals surface area contributed by atoms with Crippen molar-refractivity contribution in [1.29, 1.82) is 0 Å². The number of carbonyl (C=O) groups is 1. The molecule has 2 N–H and O–H groups in total. The highest BCUT2D eigenvalue weighted by molar-refractivity contribution is 5.58. The molecule has 1 saturated heterocycles. The van der Waals surface area contributed by atoms with E-state index in [0.29, 0.717) is 0 Å². The van der Waals surface area contributed by atoms with E-state index < -0.39 is 0 Å². The minimum atomic E-state index is -0.112. The number of rotatable bonds is 2. The Morgan fingerprint density at radius 3 is 3.00 bits per heavy atom. The number of piperidine rings is 1. The van der Waals surface area contributed by atoms with Gasteiger partial charge in [0, 0.05) is 12.5 Å². The molecular formula is C7H13NO2. The minimum absolute atomic E-state index is 0.112. The fraction of sp³-hybridized carbons (Fsp3) is 0.857. The van der Waals surface area contributed by atoms with Gasteiger partial charge in [0.15, 0.2) is 0 Å². The summed E-state index contributed by atoms with van der Waals surface area (Å²) in [4.78, 5) is 10.4. The van der Waals surface area contributed by atoms with Crippen LogP contribution in [0.1, 0.15) is 12.8 Å². The van der Waals surface area contributed by atoms with E-state index in [9.17, 15) is 4.79 Å². The number of hydrogen-bond acceptors (Lipinski definition) is 3. The lowest BCUT2D eigenvalue weighted by molar-refractivity contribution is -0.111. The van der Waals surface area contributed by atoms with Crippen LogP contribution >= 0.6 is 0 Å². The van der Waals surface area contributed by atoms with Gasteiger partial charge in [-0.1, -0.05) is 0 Å². The van der Waals surface area contributed by atoms with Crippen molar-refractivity contribution >= 4 is 6.29 Å². The second-order valence-electron chi connectivity index (χ2n) is 2.70. The van der Waals surface area contributed by atoms with Crippen LogP contribution in [0.2, 0.25) is 0 Å². The Bertz CT molecular complexity index is 116. The maximum atomic E-state index is 10.4. The second kappa shape index (κ2) is 3.68. The highest BCUT2D eigenvalue weighted by Crippen LogP contribution is 2.13. The lowest BCUT2D eigenvalue weighted by Crippen LogP contribution is -2.43. The van der Waals surface area contributed by atoms with Gasteiger partial charge in [0.05, 0.1) is 6.04 Å². The predicted octanol–water partition coefficient (Wildman–Crippen LogP) is -0.454. The van der Waals surface area contributed by atoms with Crippen molar-refractivity contribution < 1.29 is 9.90 Å². The van der Waals surface area contributed by atoms with Gasteiger partial charge in [-0.05, 0) is 19.4 Å². The molecule has 1 aliphatic heterocycles. The second-order valence-corrected chi connectivity index (χ2v) is 2.70. The van der Waals surface area contributed by atoms with Crippen molar-refractivity contribution in [3.63, 3.8) is 0 Å². The topological polar surface area (TPSA) is 49.3 Å². The molecule has 1 fully saturated rings. The van der Waals surface area contributed by atoms with E-state index in [1.807, 2.05) is 0 Å². The number of aliphatic hydroxyl groups is 1. The van der Waals surface area contributed by atoms with E-state index in [1.165, 1.54) is 0 Å². The summed E-state index contributed by atoms with van der Waals surface area (Å²) in [5.74, 6) is 0.145. The molecule has 0 bridgehead atoms. The van der Waals surface area contributed by atoms with Crippen LogP contribution in [-0.4, -0.2) is 30.6 Å². The van der Waals surface area contributed by atoms with Crippen LogP contribution in [-0.2, 0) is 4.79 Å². The number of aldehydes is 1. The Morgan fingerprint density at radius 1 is 1.70 bits per heavy atom. The average molecular weight is 143 g/mol. The summed E-state index contributed by atoms with van der Waals surface area (Å²) in [6, 6.07) is -0.112. The molecule has 0 amide bonds. The first kappa shape index (κ1) is 7.69. The van der Waals surface area contributed by atoms with Crippen molar-refractivity contribution in [2.24, 2.45) is 5.92 Å². The fourth-order valence-corrected chi connectivity index (χ4v) is 1.34. The molecule has 0 spiro atoms. The van der Waals surface area contributed by atoms with Gasteiger partial charge in [0.1, 0.15) is 6.29 Å². The molecule has 58 valence electrons. The van der Waals surface area contributed by atoms with Gasteiger partial charge in [-0.2, -0.15) is 0 Å². The van der Waals surface area contributed by atoms with Crippen molar-refractivity contribution in [3.8, 4) is 0 Å². The Hall–Kier alpha value is -0.410. The van der Waals surface area contributed by atoms with E-state index in [-0.39, 0.29) is 18.6 Å². The zero-order valence-electron chi connectivity index (χ0n) is 5.92. The standard InChI is InChI=1S/C7H13NO2/c9-4-6-2-1-3-8-7(6)5-10/h5-9H,1-4H2. The molecule has 0 aromatic rings. The third-order valence-electron chi connectivity index (χ3n) is 2.02. The Kier molecular flexibility index (Phi) is 2.83. The van der Waals surface area contributed by atoms with Gasteiger partial charge in [0.2, 0.25) is 0 Å². The first-order valence-corrected chi connectivity index (χ1v) is 3.68. The summed E-state index contributed by atoms with van der Waals surface area (Å²) in [7, 11) is 0. The van der Waals surface area contributed by atoms with Crippen LogP contribution in [0, 0.1) is 5.92 Å². The first-order chi connectivity index (χ1) is 4.88. The molecule has 2 atom stereocenters. The third kappa shape index (κ3) is 1.55. The Morgan fingerprint density at radius 2 is 2.50 bits per heavy atom. The van der Waals surface area contributed by atoms with Crippen molar-refractivity contribution in [1.82, 2.24) is 5.32 Å². The van der Waals surface area contributed by atoms with Crippen molar-refractivity contribution in [2.45, 2.75) is 18.9 Å². The molecule has 3 nitrogen and oxygen atoms in total. The van der Waals surface area contributed by atoms with Crippen molar-refractivity contribution in [2.75, 3.05) is 13.2 Å². The fourth-order valence-electron chi connectivity index (χ4n) is 1.34. The monoisotopic (exact) mass is 143 g/mol. The molecule has 0 aromatic carbocycles. The zero-order chi connectivity index (χ0) is 7.40. The average Bonchev–Trinajstić information content (AvgIpc) is 2.04. The molecule has 0 aromatic heterocycles. The molecule has 0 saturated carbocycles. The highest BCUT2D eigenvalue weighted by atomic mass is 16.3. The van der Waals surface area contributed by atoms with Crippen LogP contribution in [0.15, 0.2) is 0 Å². The molecule has 1 aliphatic rings. The lowest BCUT2D eigenvalue weighted by Gasteiger charge is -2.26. The van der Waals surface area contributed by atoms with Gasteiger partial charge in [-0.3, -0.25) is 0 Å². The maximum absolute atomic E-state index is 10.4. The third-order valence-corrected chi connectivity index (χ3v) is 2.02. The molecule has 0 aliphatic carbocycles. The van der Waals surface area contributed by atoms with E-state index in [4.69, 9.17) is 5.11 Å². The highest BCUT2D eigenvalue weighted by Gasteiger charge is 2.22. The largest absolute Gasteiger partial charge is 0.396 e. The number of hydrogen-bond donors (Lipinski definition) is 2. The van der Waals surface area contributed by atoms with Crippen LogP contribution in [0.5, 0.6) is 0 Å². The SMILES string of the molecule is O=CC1NCCCC1CO. The summed E-state index contributed by atoms with van der Waals surface area (Å²) in [5.41, 5.74) is 0. The maximum Gasteiger partial charge on any atom is 0.137 e. The summed E-state index contributed by atoms with van der Waals surface area (Å²) in [6.45, 7) is 1.02. The van der Waals surface area contributed by atoms with Gasteiger partial charge in [0.25, 0.3) is 0 Å². The van der Waals surface area contributed by atoms with Crippen LogP contribution in [0.25, 0.3) is 0 Å². The molecule has 0 radical (unpaired) electrons. The van der Waals surface area contributed by atoms with Gasteiger partial charge in [-0.15, -0.1) is 0 Å². The molecule has 10 heavy (non-hydrogen) atoms. The summed E-state index contributed by atoms with van der Waals surface area (Å²) >= 11 is 0. The van der Waals surface area contributed by atoms with E-state index >= 15 is 0 Å². The van der Waals surface area contributed by atoms with Gasteiger partial charge < -0.3 is 15.2 Å². The molecule has 2 unspecified atom stereocenters. The van der Waals surface area contributed by atoms with Crippen molar-refractivity contribution in [3.05, 3.63) is 0 Å². The van der Waals surface area contributed by atoms with Crippen LogP contribution < -0.4 is 5.32 Å². The first-order valence-electron chi connectivity index (χ1n) is 3.68. The Labute approximate surface area is 60.4 Å². The quantitative estimate of drug-likeness (QED) is 0.514. The summed E-state index contributed by atoms with van der Waals surface area (Å²) in [6.07, 6.45) is 2.92. The number of carbonyl (C=O) groups excluding carboxylic acids is 1. The van der Waals surface area contributed by atoms with E-state index in [2.05, 4.69) is 5.32 Å². The van der Waals surface area contributed by atoms with Gasteiger partial charge >= 0.3 is 0 Å². The molecule has 1 heterocycles. The van der Waals surface area contributed by atoms with Crippen LogP contribution in [0.4, 0.5) is 0 Å². The smallest absolute Gasteiger partial charge is 0.137 e. The summed E-state index contributed by atoms with van der Waals surface area (Å²) in [5, 5.41) is 11.8.